The van der Waals surface area contributed by atoms with Crippen molar-refractivity contribution in [2.75, 3.05) is 72.8 Å². The van der Waals surface area contributed by atoms with Crippen LogP contribution in [0, 0.1) is 24.0 Å². The predicted octanol–water partition coefficient (Wildman–Crippen LogP) is 3.52. The van der Waals surface area contributed by atoms with Crippen LogP contribution >= 0.6 is 37.2 Å². The van der Waals surface area contributed by atoms with Crippen molar-refractivity contribution in [2.24, 2.45) is 0 Å². The SMILES string of the molecule is COC(=O)c1c(C)nc(C)c(C(=O)OC(CN2CCOCC2)CN2CCOCC2)c1-c1ccccc1[N+](=O)[O-].Cl.Cl.Cl. The normalized spacial score (nSPS) is 15.5. The van der Waals surface area contributed by atoms with Crippen LogP contribution in [0.4, 0.5) is 5.69 Å². The van der Waals surface area contributed by atoms with Gasteiger partial charge in [-0.15, -0.1) is 37.2 Å². The summed E-state index contributed by atoms with van der Waals surface area (Å²) in [6, 6.07) is 5.98. The minimum atomic E-state index is -0.750. The first kappa shape index (κ1) is 37.4. The molecular formula is C27H37Cl3N4O8. The molecule has 0 saturated carbocycles. The number of nitrogens with zero attached hydrogens (tertiary/aromatic N) is 4. The number of methoxy groups -OCH3 is 1. The van der Waals surface area contributed by atoms with E-state index in [1.807, 2.05) is 0 Å². The monoisotopic (exact) mass is 650 g/mol. The van der Waals surface area contributed by atoms with Crippen LogP contribution in [-0.4, -0.2) is 111 Å². The van der Waals surface area contributed by atoms with Crippen molar-refractivity contribution < 1.29 is 33.5 Å². The number of nitro groups is 1. The molecule has 0 N–H and O–H groups in total. The molecule has 2 saturated heterocycles. The fourth-order valence-electron chi connectivity index (χ4n) is 5.05. The number of aryl methyl sites for hydroxylation is 2. The van der Waals surface area contributed by atoms with Crippen LogP contribution in [0.15, 0.2) is 24.3 Å². The van der Waals surface area contributed by atoms with Crippen molar-refractivity contribution >= 4 is 54.8 Å². The van der Waals surface area contributed by atoms with Crippen LogP contribution in [0.5, 0.6) is 0 Å². The fourth-order valence-corrected chi connectivity index (χ4v) is 5.05. The number of hydrogen-bond acceptors (Lipinski definition) is 11. The zero-order valence-corrected chi connectivity index (χ0v) is 26.2. The van der Waals surface area contributed by atoms with Gasteiger partial charge in [-0.1, -0.05) is 12.1 Å². The average Bonchev–Trinajstić information content (AvgIpc) is 2.93. The van der Waals surface area contributed by atoms with Crippen LogP contribution in [0.25, 0.3) is 11.1 Å². The van der Waals surface area contributed by atoms with Gasteiger partial charge in [0.2, 0.25) is 0 Å². The number of carbonyl (C=O) groups is 2. The van der Waals surface area contributed by atoms with E-state index in [0.29, 0.717) is 50.9 Å². The number of halogens is 3. The second-order valence-electron chi connectivity index (χ2n) is 9.53. The van der Waals surface area contributed by atoms with E-state index >= 15 is 0 Å². The molecule has 2 fully saturated rings. The molecule has 42 heavy (non-hydrogen) atoms. The van der Waals surface area contributed by atoms with Gasteiger partial charge in [-0.05, 0) is 19.9 Å². The minimum Gasteiger partial charge on any atom is -0.465 e. The molecule has 2 aliphatic rings. The lowest BCUT2D eigenvalue weighted by Crippen LogP contribution is -2.48. The average molecular weight is 652 g/mol. The standard InChI is InChI=1S/C27H34N4O8.3ClH/c1-18-23(26(32)36-3)25(21-6-4-5-7-22(21)31(34)35)24(19(2)28-18)27(33)39-20(16-29-8-12-37-13-9-29)17-30-10-14-38-15-11-30;;;/h4-7,20H,8-17H2,1-3H3;3*1H. The van der Waals surface area contributed by atoms with E-state index in [0.717, 1.165) is 26.2 Å². The number of carbonyl (C=O) groups excluding carboxylic acids is 2. The number of esters is 2. The first-order valence-electron chi connectivity index (χ1n) is 12.9. The summed E-state index contributed by atoms with van der Waals surface area (Å²) in [4.78, 5) is 47.1. The molecule has 0 amide bonds. The van der Waals surface area contributed by atoms with E-state index in [9.17, 15) is 19.7 Å². The Labute approximate surface area is 263 Å². The number of pyridine rings is 1. The van der Waals surface area contributed by atoms with Crippen molar-refractivity contribution in [3.63, 3.8) is 0 Å². The van der Waals surface area contributed by atoms with Crippen molar-refractivity contribution in [1.82, 2.24) is 14.8 Å². The van der Waals surface area contributed by atoms with Crippen molar-refractivity contribution in [1.29, 1.82) is 0 Å². The number of nitro benzene ring substituents is 1. The Morgan fingerprint density at radius 1 is 0.905 bits per heavy atom. The molecule has 1 aromatic carbocycles. The number of para-hydroxylation sites is 1. The van der Waals surface area contributed by atoms with Gasteiger partial charge >= 0.3 is 11.9 Å². The van der Waals surface area contributed by atoms with E-state index in [4.69, 9.17) is 18.9 Å². The van der Waals surface area contributed by atoms with E-state index < -0.39 is 23.0 Å². The molecule has 0 spiro atoms. The van der Waals surface area contributed by atoms with Crippen molar-refractivity contribution in [3.05, 3.63) is 56.9 Å². The van der Waals surface area contributed by atoms with E-state index in [2.05, 4.69) is 14.8 Å². The fraction of sp³-hybridized carbons (Fsp3) is 0.519. The Morgan fingerprint density at radius 3 is 1.86 bits per heavy atom. The molecule has 0 atom stereocenters. The van der Waals surface area contributed by atoms with Crippen LogP contribution in [-0.2, 0) is 18.9 Å². The number of benzene rings is 1. The maximum atomic E-state index is 13.9. The summed E-state index contributed by atoms with van der Waals surface area (Å²) in [6.07, 6.45) is -0.505. The number of aromatic nitrogens is 1. The van der Waals surface area contributed by atoms with Gasteiger partial charge in [0.25, 0.3) is 5.69 Å². The van der Waals surface area contributed by atoms with Gasteiger partial charge in [0.05, 0.1) is 66.5 Å². The first-order valence-corrected chi connectivity index (χ1v) is 12.9. The topological polar surface area (TPSA) is 134 Å². The lowest BCUT2D eigenvalue weighted by atomic mass is 9.91. The lowest BCUT2D eigenvalue weighted by molar-refractivity contribution is -0.384. The molecule has 1 aromatic heterocycles. The summed E-state index contributed by atoms with van der Waals surface area (Å²) in [7, 11) is 1.21. The third-order valence-corrected chi connectivity index (χ3v) is 6.93. The zero-order chi connectivity index (χ0) is 27.9. The van der Waals surface area contributed by atoms with Crippen LogP contribution in [0.3, 0.4) is 0 Å². The molecular weight excluding hydrogens is 615 g/mol. The maximum Gasteiger partial charge on any atom is 0.341 e. The Morgan fingerprint density at radius 2 is 1.38 bits per heavy atom. The second-order valence-corrected chi connectivity index (χ2v) is 9.53. The van der Waals surface area contributed by atoms with E-state index in [-0.39, 0.29) is 65.2 Å². The maximum absolute atomic E-state index is 13.9. The molecule has 0 bridgehead atoms. The number of morpholine rings is 2. The predicted molar refractivity (Wildman–Crippen MR) is 163 cm³/mol. The Balaban J connectivity index is 0.00000294. The van der Waals surface area contributed by atoms with Crippen LogP contribution in [0.2, 0.25) is 0 Å². The molecule has 2 aliphatic heterocycles. The van der Waals surface area contributed by atoms with Crippen molar-refractivity contribution in [2.45, 2.75) is 20.0 Å². The molecule has 3 heterocycles. The highest BCUT2D eigenvalue weighted by atomic mass is 35.5. The Hall–Kier alpha value is -2.58. The Kier molecular flexibility index (Phi) is 15.6. The number of hydrogen-bond donors (Lipinski definition) is 0. The molecule has 0 unspecified atom stereocenters. The molecule has 4 rings (SSSR count). The summed E-state index contributed by atoms with van der Waals surface area (Å²) >= 11 is 0. The van der Waals surface area contributed by atoms with Gasteiger partial charge in [0.1, 0.15) is 6.10 Å². The van der Waals surface area contributed by atoms with Gasteiger partial charge < -0.3 is 18.9 Å². The summed E-state index contributed by atoms with van der Waals surface area (Å²) < 4.78 is 22.1. The molecule has 15 heteroatoms. The quantitative estimate of drug-likeness (QED) is 0.224. The molecule has 234 valence electrons. The summed E-state index contributed by atoms with van der Waals surface area (Å²) in [5.41, 5.74) is 0.533. The van der Waals surface area contributed by atoms with Gasteiger partial charge in [0, 0.05) is 50.9 Å². The number of rotatable bonds is 9. The third-order valence-electron chi connectivity index (χ3n) is 6.93. The highest BCUT2D eigenvalue weighted by Crippen LogP contribution is 2.37. The van der Waals surface area contributed by atoms with Crippen molar-refractivity contribution in [3.8, 4) is 11.1 Å². The first-order chi connectivity index (χ1) is 18.8. The summed E-state index contributed by atoms with van der Waals surface area (Å²) in [5.74, 6) is -1.45. The van der Waals surface area contributed by atoms with Gasteiger partial charge in [0.15, 0.2) is 0 Å². The molecule has 2 aromatic rings. The Bertz CT molecular complexity index is 1200. The smallest absolute Gasteiger partial charge is 0.341 e. The van der Waals surface area contributed by atoms with Gasteiger partial charge in [-0.2, -0.15) is 0 Å². The second kappa shape index (κ2) is 17.5. The summed E-state index contributed by atoms with van der Waals surface area (Å²) in [5, 5.41) is 11.9. The molecule has 0 radical (unpaired) electrons. The summed E-state index contributed by atoms with van der Waals surface area (Å²) in [6.45, 7) is 9.50. The molecule has 0 aliphatic carbocycles. The van der Waals surface area contributed by atoms with E-state index in [1.54, 1.807) is 19.9 Å². The number of ether oxygens (including phenoxy) is 4. The zero-order valence-electron chi connectivity index (χ0n) is 23.7. The highest BCUT2D eigenvalue weighted by molar-refractivity contribution is 6.08. The van der Waals surface area contributed by atoms with Gasteiger partial charge in [-0.3, -0.25) is 24.9 Å². The van der Waals surface area contributed by atoms with Crippen LogP contribution in [0.1, 0.15) is 32.1 Å². The van der Waals surface area contributed by atoms with Gasteiger partial charge in [-0.25, -0.2) is 9.59 Å². The lowest BCUT2D eigenvalue weighted by Gasteiger charge is -2.34. The minimum absolute atomic E-state index is 0. The molecule has 12 nitrogen and oxygen atoms in total. The highest BCUT2D eigenvalue weighted by Gasteiger charge is 2.33. The largest absolute Gasteiger partial charge is 0.465 e. The third kappa shape index (κ3) is 8.96. The van der Waals surface area contributed by atoms with Crippen LogP contribution < -0.4 is 0 Å². The van der Waals surface area contributed by atoms with E-state index in [1.165, 1.54) is 25.3 Å².